The van der Waals surface area contributed by atoms with Gasteiger partial charge in [0, 0.05) is 12.6 Å². The molecular weight excluding hydrogens is 322 g/mol. The van der Waals surface area contributed by atoms with Crippen LogP contribution in [-0.4, -0.2) is 50.6 Å². The molecule has 1 saturated carbocycles. The number of ether oxygens (including phenoxy) is 1. The van der Waals surface area contributed by atoms with E-state index in [1.165, 1.54) is 50.2 Å². The van der Waals surface area contributed by atoms with E-state index in [0.29, 0.717) is 23.8 Å². The summed E-state index contributed by atoms with van der Waals surface area (Å²) in [6.07, 6.45) is 9.94. The third-order valence-corrected chi connectivity index (χ3v) is 4.92. The summed E-state index contributed by atoms with van der Waals surface area (Å²) in [6, 6.07) is 0.173. The van der Waals surface area contributed by atoms with Crippen LogP contribution in [0.2, 0.25) is 0 Å². The van der Waals surface area contributed by atoms with Gasteiger partial charge in [0.05, 0.1) is 18.7 Å². The van der Waals surface area contributed by atoms with Gasteiger partial charge in [0.15, 0.2) is 5.65 Å². The lowest BCUT2D eigenvalue weighted by atomic mass is 9.82. The fraction of sp³-hybridized carbons (Fsp3) is 0.647. The number of aliphatic hydroxyl groups excluding tert-OH is 1. The molecule has 8 heteroatoms. The lowest BCUT2D eigenvalue weighted by Gasteiger charge is -2.31. The van der Waals surface area contributed by atoms with Gasteiger partial charge in [-0.2, -0.15) is 5.10 Å². The van der Waals surface area contributed by atoms with Crippen LogP contribution in [0.4, 0.5) is 5.82 Å². The maximum absolute atomic E-state index is 11.5. The van der Waals surface area contributed by atoms with E-state index in [1.54, 1.807) is 6.20 Å². The Balaban J connectivity index is 1.83. The van der Waals surface area contributed by atoms with E-state index < -0.39 is 0 Å². The maximum atomic E-state index is 11.5. The minimum absolute atomic E-state index is 0.0130. The van der Waals surface area contributed by atoms with E-state index >= 15 is 0 Å². The molecule has 0 saturated heterocycles. The van der Waals surface area contributed by atoms with E-state index in [-0.39, 0.29) is 25.2 Å². The minimum Gasteiger partial charge on any atom is -0.468 e. The third-order valence-electron chi connectivity index (χ3n) is 4.92. The highest BCUT2D eigenvalue weighted by molar-refractivity contribution is 5.87. The van der Waals surface area contributed by atoms with Crippen molar-refractivity contribution in [2.75, 3.05) is 19.0 Å². The van der Waals surface area contributed by atoms with Crippen LogP contribution in [0.1, 0.15) is 38.5 Å². The molecule has 2 aromatic heterocycles. The van der Waals surface area contributed by atoms with Crippen molar-refractivity contribution in [2.45, 2.75) is 51.1 Å². The molecule has 0 unspecified atom stereocenters. The van der Waals surface area contributed by atoms with Gasteiger partial charge in [-0.1, -0.05) is 19.3 Å². The lowest BCUT2D eigenvalue weighted by Crippen LogP contribution is -2.32. The zero-order valence-electron chi connectivity index (χ0n) is 14.5. The Morgan fingerprint density at radius 3 is 2.92 bits per heavy atom. The van der Waals surface area contributed by atoms with E-state index in [0.717, 1.165) is 5.39 Å². The molecular formula is C17H25N5O3. The molecule has 1 aliphatic carbocycles. The first kappa shape index (κ1) is 17.6. The van der Waals surface area contributed by atoms with Crippen LogP contribution >= 0.6 is 0 Å². The molecule has 3 rings (SSSR count). The Morgan fingerprint density at radius 1 is 1.40 bits per heavy atom. The summed E-state index contributed by atoms with van der Waals surface area (Å²) in [6.45, 7) is 0.156. The van der Waals surface area contributed by atoms with Crippen LogP contribution in [0.5, 0.6) is 0 Å². The number of aliphatic hydroxyl groups is 1. The second-order valence-electron chi connectivity index (χ2n) is 6.50. The molecule has 136 valence electrons. The second-order valence-corrected chi connectivity index (χ2v) is 6.50. The average molecular weight is 347 g/mol. The van der Waals surface area contributed by atoms with Gasteiger partial charge in [0.1, 0.15) is 18.7 Å². The number of carbonyl (C=O) groups excluding carboxylic acids is 1. The SMILES string of the molecule is COC(=O)Cn1ncc2c(N[C@@H](CCO)C3CCCCC3)ncnc21. The highest BCUT2D eigenvalue weighted by Crippen LogP contribution is 2.30. The number of aromatic nitrogens is 4. The van der Waals surface area contributed by atoms with Gasteiger partial charge in [0.2, 0.25) is 0 Å². The highest BCUT2D eigenvalue weighted by Gasteiger charge is 2.24. The number of rotatable bonds is 7. The van der Waals surface area contributed by atoms with Gasteiger partial charge < -0.3 is 15.2 Å². The number of nitrogens with zero attached hydrogens (tertiary/aromatic N) is 4. The van der Waals surface area contributed by atoms with Crippen molar-refractivity contribution in [1.29, 1.82) is 0 Å². The van der Waals surface area contributed by atoms with Crippen LogP contribution in [0, 0.1) is 5.92 Å². The quantitative estimate of drug-likeness (QED) is 0.736. The Hall–Kier alpha value is -2.22. The number of hydrogen-bond donors (Lipinski definition) is 2. The smallest absolute Gasteiger partial charge is 0.327 e. The van der Waals surface area contributed by atoms with E-state index in [4.69, 9.17) is 4.74 Å². The Morgan fingerprint density at radius 2 is 2.20 bits per heavy atom. The van der Waals surface area contributed by atoms with Crippen molar-refractivity contribution >= 4 is 22.8 Å². The molecule has 2 aromatic rings. The molecule has 0 aliphatic heterocycles. The van der Waals surface area contributed by atoms with Crippen molar-refractivity contribution in [3.05, 3.63) is 12.5 Å². The van der Waals surface area contributed by atoms with Gasteiger partial charge in [-0.3, -0.25) is 4.79 Å². The number of esters is 1. The molecule has 2 N–H and O–H groups in total. The summed E-state index contributed by atoms with van der Waals surface area (Å²) in [5.41, 5.74) is 0.592. The zero-order valence-corrected chi connectivity index (χ0v) is 14.5. The minimum atomic E-state index is -0.376. The van der Waals surface area contributed by atoms with Gasteiger partial charge >= 0.3 is 5.97 Å². The van der Waals surface area contributed by atoms with Crippen LogP contribution in [0.3, 0.4) is 0 Å². The summed E-state index contributed by atoms with van der Waals surface area (Å²) in [5.74, 6) is 0.861. The van der Waals surface area contributed by atoms with E-state index in [1.807, 2.05) is 0 Å². The first-order valence-electron chi connectivity index (χ1n) is 8.83. The van der Waals surface area contributed by atoms with Crippen molar-refractivity contribution in [1.82, 2.24) is 19.7 Å². The summed E-state index contributed by atoms with van der Waals surface area (Å²) >= 11 is 0. The molecule has 0 bridgehead atoms. The summed E-state index contributed by atoms with van der Waals surface area (Å²) in [5, 5.41) is 17.9. The lowest BCUT2D eigenvalue weighted by molar-refractivity contribution is -0.141. The fourth-order valence-corrected chi connectivity index (χ4v) is 3.59. The molecule has 8 nitrogen and oxygen atoms in total. The van der Waals surface area contributed by atoms with Gasteiger partial charge in [-0.05, 0) is 25.2 Å². The largest absolute Gasteiger partial charge is 0.468 e. The number of hydrogen-bond acceptors (Lipinski definition) is 7. The van der Waals surface area contributed by atoms with Gasteiger partial charge in [-0.25, -0.2) is 14.6 Å². The number of carbonyl (C=O) groups is 1. The predicted molar refractivity (Wildman–Crippen MR) is 93.0 cm³/mol. The second kappa shape index (κ2) is 8.24. The third kappa shape index (κ3) is 4.07. The van der Waals surface area contributed by atoms with Crippen LogP contribution in [0.15, 0.2) is 12.5 Å². The topological polar surface area (TPSA) is 102 Å². The van der Waals surface area contributed by atoms with E-state index in [9.17, 15) is 9.90 Å². The molecule has 2 heterocycles. The first-order chi connectivity index (χ1) is 12.2. The zero-order chi connectivity index (χ0) is 17.6. The standard InChI is InChI=1S/C17H25N5O3/c1-25-15(24)10-22-17-13(9-20-22)16(18-11-19-17)21-14(7-8-23)12-5-3-2-4-6-12/h9,11-12,14,23H,2-8,10H2,1H3,(H,18,19,21)/t14-/m0/s1. The molecule has 1 atom stereocenters. The van der Waals surface area contributed by atoms with Crippen molar-refractivity contribution in [3.8, 4) is 0 Å². The summed E-state index contributed by atoms with van der Waals surface area (Å²) in [4.78, 5) is 20.1. The molecule has 0 spiro atoms. The van der Waals surface area contributed by atoms with Crippen LogP contribution in [0.25, 0.3) is 11.0 Å². The number of methoxy groups -OCH3 is 1. The number of anilines is 1. The molecule has 0 aromatic carbocycles. The van der Waals surface area contributed by atoms with Crippen LogP contribution < -0.4 is 5.32 Å². The highest BCUT2D eigenvalue weighted by atomic mass is 16.5. The Labute approximate surface area is 146 Å². The molecule has 0 radical (unpaired) electrons. The van der Waals surface area contributed by atoms with Gasteiger partial charge in [-0.15, -0.1) is 0 Å². The molecule has 25 heavy (non-hydrogen) atoms. The molecule has 0 amide bonds. The summed E-state index contributed by atoms with van der Waals surface area (Å²) in [7, 11) is 1.35. The van der Waals surface area contributed by atoms with Crippen molar-refractivity contribution < 1.29 is 14.6 Å². The normalized spacial score (nSPS) is 16.7. The molecule has 1 fully saturated rings. The van der Waals surface area contributed by atoms with Crippen molar-refractivity contribution in [3.63, 3.8) is 0 Å². The monoisotopic (exact) mass is 347 g/mol. The predicted octanol–water partition coefficient (Wildman–Crippen LogP) is 1.74. The van der Waals surface area contributed by atoms with Crippen LogP contribution in [-0.2, 0) is 16.1 Å². The maximum Gasteiger partial charge on any atom is 0.327 e. The van der Waals surface area contributed by atoms with Crippen molar-refractivity contribution in [2.24, 2.45) is 5.92 Å². The van der Waals surface area contributed by atoms with E-state index in [2.05, 4.69) is 20.4 Å². The fourth-order valence-electron chi connectivity index (χ4n) is 3.59. The molecule has 1 aliphatic rings. The Kier molecular flexibility index (Phi) is 5.80. The number of fused-ring (bicyclic) bond motifs is 1. The Bertz CT molecular complexity index is 711. The average Bonchev–Trinajstić information content (AvgIpc) is 3.06. The number of nitrogens with one attached hydrogen (secondary N) is 1. The first-order valence-corrected chi connectivity index (χ1v) is 8.83. The summed E-state index contributed by atoms with van der Waals surface area (Å²) < 4.78 is 6.20. The van der Waals surface area contributed by atoms with Gasteiger partial charge in [0.25, 0.3) is 0 Å².